The maximum absolute atomic E-state index is 12.2. The molecule has 0 spiro atoms. The van der Waals surface area contributed by atoms with E-state index in [-0.39, 0.29) is 0 Å². The fraction of sp³-hybridized carbons (Fsp3) is 0.467. The summed E-state index contributed by atoms with van der Waals surface area (Å²) in [5, 5.41) is 12.8. The molecule has 0 aliphatic rings. The van der Waals surface area contributed by atoms with Gasteiger partial charge in [0.1, 0.15) is 11.6 Å². The third-order valence-electron chi connectivity index (χ3n) is 2.69. The molecule has 0 radical (unpaired) electrons. The zero-order valence-electron chi connectivity index (χ0n) is 13.8. The van der Waals surface area contributed by atoms with E-state index in [1.807, 2.05) is 0 Å². The van der Waals surface area contributed by atoms with Gasteiger partial charge in [-0.3, -0.25) is 15.6 Å². The van der Waals surface area contributed by atoms with Crippen molar-refractivity contribution in [3.63, 3.8) is 0 Å². The predicted molar refractivity (Wildman–Crippen MR) is 93.1 cm³/mol. The number of aliphatic hydroxyl groups excluding tert-OH is 1. The Balaban J connectivity index is 2.70. The van der Waals surface area contributed by atoms with E-state index < -0.39 is 29.7 Å². The van der Waals surface area contributed by atoms with Gasteiger partial charge in [0, 0.05) is 5.02 Å². The van der Waals surface area contributed by atoms with Crippen molar-refractivity contribution in [1.29, 1.82) is 0 Å². The van der Waals surface area contributed by atoms with E-state index in [0.717, 1.165) is 0 Å². The van der Waals surface area contributed by atoms with Gasteiger partial charge < -0.3 is 15.2 Å². The Morgan fingerprint density at radius 1 is 1.25 bits per heavy atom. The molecule has 0 heterocycles. The Bertz CT molecular complexity index is 603. The monoisotopic (exact) mass is 377 g/mol. The van der Waals surface area contributed by atoms with Crippen molar-refractivity contribution >= 4 is 40.9 Å². The quantitative estimate of drug-likeness (QED) is 0.591. The number of hydrazine groups is 1. The normalized spacial score (nSPS) is 13.6. The summed E-state index contributed by atoms with van der Waals surface area (Å²) in [5.41, 5.74) is 4.59. The van der Waals surface area contributed by atoms with Crippen LogP contribution < -0.4 is 16.2 Å². The number of nitrogens with one attached hydrogen (secondary N) is 3. The molecule has 9 heteroatoms. The van der Waals surface area contributed by atoms with E-state index in [1.54, 1.807) is 32.9 Å². The van der Waals surface area contributed by atoms with Crippen molar-refractivity contribution in [3.8, 4) is 0 Å². The van der Waals surface area contributed by atoms with Gasteiger partial charge in [-0.15, -0.1) is 0 Å². The van der Waals surface area contributed by atoms with Gasteiger partial charge in [0.25, 0.3) is 5.91 Å². The summed E-state index contributed by atoms with van der Waals surface area (Å²) >= 11 is 11.8. The molecule has 0 aliphatic heterocycles. The van der Waals surface area contributed by atoms with Crippen LogP contribution in [0.2, 0.25) is 10.0 Å². The summed E-state index contributed by atoms with van der Waals surface area (Å²) in [4.78, 5) is 23.9. The highest BCUT2D eigenvalue weighted by molar-refractivity contribution is 6.35. The lowest BCUT2D eigenvalue weighted by Gasteiger charge is -2.24. The Kier molecular flexibility index (Phi) is 7.13. The van der Waals surface area contributed by atoms with Crippen LogP contribution in [0.5, 0.6) is 0 Å². The molecule has 134 valence electrons. The highest BCUT2D eigenvalue weighted by atomic mass is 35.5. The zero-order chi connectivity index (χ0) is 18.5. The van der Waals surface area contributed by atoms with Crippen molar-refractivity contribution in [2.24, 2.45) is 0 Å². The fourth-order valence-corrected chi connectivity index (χ4v) is 1.98. The Hall–Kier alpha value is -1.70. The van der Waals surface area contributed by atoms with Crippen LogP contribution in [0.4, 0.5) is 10.5 Å². The zero-order valence-corrected chi connectivity index (χ0v) is 15.3. The first-order valence-electron chi connectivity index (χ1n) is 7.18. The number of amides is 2. The summed E-state index contributed by atoms with van der Waals surface area (Å²) in [7, 11) is 0. The van der Waals surface area contributed by atoms with Gasteiger partial charge in [-0.1, -0.05) is 23.2 Å². The van der Waals surface area contributed by atoms with Crippen molar-refractivity contribution in [2.45, 2.75) is 45.4 Å². The topological polar surface area (TPSA) is 99.7 Å². The molecule has 0 fully saturated rings. The smallest absolute Gasteiger partial charge is 0.408 e. The molecule has 24 heavy (non-hydrogen) atoms. The summed E-state index contributed by atoms with van der Waals surface area (Å²) < 4.78 is 5.07. The predicted octanol–water partition coefficient (Wildman–Crippen LogP) is 2.71. The summed E-state index contributed by atoms with van der Waals surface area (Å²) in [5.74, 6) is -0.674. The second-order valence-corrected chi connectivity index (χ2v) is 6.95. The van der Waals surface area contributed by atoms with Gasteiger partial charge in [0.15, 0.2) is 0 Å². The van der Waals surface area contributed by atoms with E-state index in [9.17, 15) is 14.7 Å². The summed E-state index contributed by atoms with van der Waals surface area (Å²) in [6.07, 6.45) is -1.96. The number of hydrogen-bond donors (Lipinski definition) is 4. The standard InChI is InChI=1S/C15H21Cl2N3O4/c1-8(21)12(18-14(23)24-15(2,3)4)13(22)20-19-11-7-9(16)5-6-10(11)17/h5-8,12,19,21H,1-4H3,(H,18,23)(H,20,22). The highest BCUT2D eigenvalue weighted by Gasteiger charge is 2.28. The second-order valence-electron chi connectivity index (χ2n) is 6.10. The highest BCUT2D eigenvalue weighted by Crippen LogP contribution is 2.24. The minimum absolute atomic E-state index is 0.341. The Morgan fingerprint density at radius 3 is 2.42 bits per heavy atom. The first kappa shape index (κ1) is 20.3. The molecule has 2 unspecified atom stereocenters. The number of rotatable bonds is 5. The summed E-state index contributed by atoms with van der Waals surface area (Å²) in [6, 6.07) is 3.46. The lowest BCUT2D eigenvalue weighted by molar-refractivity contribution is -0.125. The second kappa shape index (κ2) is 8.41. The molecule has 0 saturated carbocycles. The van der Waals surface area contributed by atoms with E-state index in [2.05, 4.69) is 16.2 Å². The fourth-order valence-electron chi connectivity index (χ4n) is 1.64. The molecule has 0 saturated heterocycles. The average Bonchev–Trinajstić information content (AvgIpc) is 2.43. The van der Waals surface area contributed by atoms with Crippen LogP contribution >= 0.6 is 23.2 Å². The first-order valence-corrected chi connectivity index (χ1v) is 7.93. The molecule has 4 N–H and O–H groups in total. The van der Waals surface area contributed by atoms with Gasteiger partial charge in [-0.05, 0) is 45.9 Å². The Labute approximate surface area is 150 Å². The van der Waals surface area contributed by atoms with E-state index >= 15 is 0 Å². The van der Waals surface area contributed by atoms with Gasteiger partial charge in [0.2, 0.25) is 0 Å². The average molecular weight is 378 g/mol. The summed E-state index contributed by atoms with van der Waals surface area (Å²) in [6.45, 7) is 6.43. The number of ether oxygens (including phenoxy) is 1. The molecule has 1 aromatic carbocycles. The number of alkyl carbamates (subject to hydrolysis) is 1. The number of carbonyl (C=O) groups is 2. The molecule has 0 bridgehead atoms. The number of anilines is 1. The number of aliphatic hydroxyl groups is 1. The van der Waals surface area contributed by atoms with Gasteiger partial charge >= 0.3 is 6.09 Å². The van der Waals surface area contributed by atoms with Gasteiger partial charge in [-0.25, -0.2) is 4.79 Å². The lowest BCUT2D eigenvalue weighted by atomic mass is 10.1. The van der Waals surface area contributed by atoms with E-state index in [4.69, 9.17) is 27.9 Å². The third-order valence-corrected chi connectivity index (χ3v) is 3.25. The van der Waals surface area contributed by atoms with Crippen LogP contribution in [0, 0.1) is 0 Å². The minimum Gasteiger partial charge on any atom is -0.444 e. The van der Waals surface area contributed by atoms with Crippen molar-refractivity contribution in [3.05, 3.63) is 28.2 Å². The maximum Gasteiger partial charge on any atom is 0.408 e. The third kappa shape index (κ3) is 6.82. The van der Waals surface area contributed by atoms with Crippen LogP contribution in [0.25, 0.3) is 0 Å². The number of halogens is 2. The van der Waals surface area contributed by atoms with Crippen LogP contribution in [-0.4, -0.2) is 34.9 Å². The van der Waals surface area contributed by atoms with E-state index in [0.29, 0.717) is 15.7 Å². The molecule has 7 nitrogen and oxygen atoms in total. The molecule has 0 aromatic heterocycles. The molecule has 2 amide bonds. The minimum atomic E-state index is -1.22. The molecule has 1 rings (SSSR count). The number of hydrogen-bond acceptors (Lipinski definition) is 5. The lowest BCUT2D eigenvalue weighted by Crippen LogP contribution is -2.54. The van der Waals surface area contributed by atoms with Crippen LogP contribution in [0.15, 0.2) is 18.2 Å². The number of carbonyl (C=O) groups excluding carboxylic acids is 2. The van der Waals surface area contributed by atoms with Crippen LogP contribution in [0.1, 0.15) is 27.7 Å². The molecule has 2 atom stereocenters. The first-order chi connectivity index (χ1) is 11.0. The molecule has 1 aromatic rings. The van der Waals surface area contributed by atoms with Crippen molar-refractivity contribution in [1.82, 2.24) is 10.7 Å². The van der Waals surface area contributed by atoms with E-state index in [1.165, 1.54) is 13.0 Å². The van der Waals surface area contributed by atoms with Crippen LogP contribution in [0.3, 0.4) is 0 Å². The Morgan fingerprint density at radius 2 is 1.88 bits per heavy atom. The van der Waals surface area contributed by atoms with Gasteiger partial charge in [0.05, 0.1) is 16.8 Å². The molecular formula is C15H21Cl2N3O4. The SMILES string of the molecule is CC(O)C(NC(=O)OC(C)(C)C)C(=O)NNc1cc(Cl)ccc1Cl. The van der Waals surface area contributed by atoms with Crippen LogP contribution in [-0.2, 0) is 9.53 Å². The van der Waals surface area contributed by atoms with Crippen molar-refractivity contribution in [2.75, 3.05) is 5.43 Å². The molecular weight excluding hydrogens is 357 g/mol. The maximum atomic E-state index is 12.2. The molecule has 0 aliphatic carbocycles. The van der Waals surface area contributed by atoms with Gasteiger partial charge in [-0.2, -0.15) is 0 Å². The van der Waals surface area contributed by atoms with Crippen molar-refractivity contribution < 1.29 is 19.4 Å². The largest absolute Gasteiger partial charge is 0.444 e. The number of benzene rings is 1.